The number of carbonyl (C=O) groups is 1. The van der Waals surface area contributed by atoms with Crippen LogP contribution in [0.1, 0.15) is 43.4 Å². The number of halogens is 3. The topological polar surface area (TPSA) is 38.3 Å². The predicted octanol–water partition coefficient (Wildman–Crippen LogP) is 5.54. The van der Waals surface area contributed by atoms with Gasteiger partial charge in [0.1, 0.15) is 5.75 Å². The molecule has 0 aromatic heterocycles. The molecule has 0 unspecified atom stereocenters. The third-order valence-electron chi connectivity index (χ3n) is 3.92. The second kappa shape index (κ2) is 7.81. The van der Waals surface area contributed by atoms with Gasteiger partial charge in [-0.2, -0.15) is 13.2 Å². The van der Waals surface area contributed by atoms with Crippen LogP contribution in [0.25, 0.3) is 0 Å². The van der Waals surface area contributed by atoms with Crippen LogP contribution < -0.4 is 10.1 Å². The van der Waals surface area contributed by atoms with Gasteiger partial charge in [-0.25, -0.2) is 0 Å². The van der Waals surface area contributed by atoms with Crippen molar-refractivity contribution in [2.45, 2.75) is 45.9 Å². The maximum atomic E-state index is 12.8. The zero-order valence-electron chi connectivity index (χ0n) is 15.1. The van der Waals surface area contributed by atoms with E-state index < -0.39 is 23.8 Å². The lowest BCUT2D eigenvalue weighted by Gasteiger charge is -2.19. The molecule has 0 bridgehead atoms. The molecular formula is C20H22F3NO2. The smallest absolute Gasteiger partial charge is 0.416 e. The van der Waals surface area contributed by atoms with Gasteiger partial charge in [0.05, 0.1) is 5.56 Å². The maximum absolute atomic E-state index is 12.8. The molecular weight excluding hydrogens is 343 g/mol. The third kappa shape index (κ3) is 5.00. The van der Waals surface area contributed by atoms with E-state index >= 15 is 0 Å². The van der Waals surface area contributed by atoms with Crippen molar-refractivity contribution in [2.75, 3.05) is 5.32 Å². The molecule has 0 radical (unpaired) electrons. The Labute approximate surface area is 151 Å². The van der Waals surface area contributed by atoms with Crippen molar-refractivity contribution in [3.8, 4) is 5.75 Å². The van der Waals surface area contributed by atoms with Crippen LogP contribution in [0.2, 0.25) is 0 Å². The number of hydrogen-bond acceptors (Lipinski definition) is 2. The Hall–Kier alpha value is -2.50. The normalized spacial score (nSPS) is 12.8. The predicted molar refractivity (Wildman–Crippen MR) is 95.4 cm³/mol. The molecule has 0 aliphatic heterocycles. The van der Waals surface area contributed by atoms with Gasteiger partial charge in [-0.1, -0.05) is 32.0 Å². The molecule has 1 N–H and O–H groups in total. The third-order valence-corrected chi connectivity index (χ3v) is 3.92. The molecule has 1 atom stereocenters. The SMILES string of the molecule is Cc1ccc(C(C)C)c(O[C@H](C)C(=O)Nc2cccc(C(F)(F)F)c2)c1. The molecule has 2 aromatic rings. The summed E-state index contributed by atoms with van der Waals surface area (Å²) >= 11 is 0. The molecule has 2 aromatic carbocycles. The summed E-state index contributed by atoms with van der Waals surface area (Å²) in [5.74, 6) is 0.302. The van der Waals surface area contributed by atoms with Crippen molar-refractivity contribution in [3.63, 3.8) is 0 Å². The minimum atomic E-state index is -4.46. The van der Waals surface area contributed by atoms with Crippen molar-refractivity contribution in [3.05, 3.63) is 59.2 Å². The number of ether oxygens (including phenoxy) is 1. The Morgan fingerprint density at radius 1 is 1.08 bits per heavy atom. The molecule has 0 aliphatic rings. The maximum Gasteiger partial charge on any atom is 0.416 e. The van der Waals surface area contributed by atoms with Crippen molar-refractivity contribution in [1.29, 1.82) is 0 Å². The summed E-state index contributed by atoms with van der Waals surface area (Å²) in [7, 11) is 0. The Kier molecular flexibility index (Phi) is 5.95. The van der Waals surface area contributed by atoms with E-state index in [4.69, 9.17) is 4.74 Å². The van der Waals surface area contributed by atoms with Crippen molar-refractivity contribution < 1.29 is 22.7 Å². The number of carbonyl (C=O) groups excluding carboxylic acids is 1. The van der Waals surface area contributed by atoms with E-state index in [0.29, 0.717) is 5.75 Å². The zero-order valence-corrected chi connectivity index (χ0v) is 15.1. The highest BCUT2D eigenvalue weighted by molar-refractivity contribution is 5.94. The van der Waals surface area contributed by atoms with Gasteiger partial charge in [0.25, 0.3) is 5.91 Å². The largest absolute Gasteiger partial charge is 0.481 e. The first kappa shape index (κ1) is 19.8. The second-order valence-electron chi connectivity index (χ2n) is 6.52. The van der Waals surface area contributed by atoms with Gasteiger partial charge in [-0.05, 0) is 55.2 Å². The van der Waals surface area contributed by atoms with E-state index in [9.17, 15) is 18.0 Å². The van der Waals surface area contributed by atoms with E-state index in [1.807, 2.05) is 39.0 Å². The number of alkyl halides is 3. The fraction of sp³-hybridized carbons (Fsp3) is 0.350. The molecule has 1 amide bonds. The van der Waals surface area contributed by atoms with Gasteiger partial charge in [-0.15, -0.1) is 0 Å². The van der Waals surface area contributed by atoms with E-state index in [1.54, 1.807) is 6.92 Å². The molecule has 0 heterocycles. The molecule has 0 saturated carbocycles. The minimum Gasteiger partial charge on any atom is -0.481 e. The number of nitrogens with one attached hydrogen (secondary N) is 1. The van der Waals surface area contributed by atoms with Crippen LogP contribution in [-0.4, -0.2) is 12.0 Å². The molecule has 0 spiro atoms. The number of rotatable bonds is 5. The summed E-state index contributed by atoms with van der Waals surface area (Å²) in [6, 6.07) is 10.3. The minimum absolute atomic E-state index is 0.0774. The highest BCUT2D eigenvalue weighted by Crippen LogP contribution is 2.31. The van der Waals surface area contributed by atoms with Crippen LogP contribution in [0.15, 0.2) is 42.5 Å². The first-order chi connectivity index (χ1) is 12.1. The average molecular weight is 365 g/mol. The summed E-state index contributed by atoms with van der Waals surface area (Å²) in [5, 5.41) is 2.47. The van der Waals surface area contributed by atoms with Crippen LogP contribution in [0.4, 0.5) is 18.9 Å². The Bertz CT molecular complexity index is 785. The number of amides is 1. The quantitative estimate of drug-likeness (QED) is 0.755. The highest BCUT2D eigenvalue weighted by Gasteiger charge is 2.30. The van der Waals surface area contributed by atoms with Crippen LogP contribution in [0, 0.1) is 6.92 Å². The van der Waals surface area contributed by atoms with Crippen LogP contribution in [0.3, 0.4) is 0 Å². The fourth-order valence-electron chi connectivity index (χ4n) is 2.48. The summed E-state index contributed by atoms with van der Waals surface area (Å²) in [6.07, 6.45) is -5.32. The van der Waals surface area contributed by atoms with Gasteiger partial charge in [0, 0.05) is 5.69 Å². The van der Waals surface area contributed by atoms with E-state index in [2.05, 4.69) is 5.32 Å². The monoisotopic (exact) mass is 365 g/mol. The molecule has 2 rings (SSSR count). The molecule has 26 heavy (non-hydrogen) atoms. The fourth-order valence-corrected chi connectivity index (χ4v) is 2.48. The summed E-state index contributed by atoms with van der Waals surface area (Å²) in [5.41, 5.74) is 1.22. The lowest BCUT2D eigenvalue weighted by Crippen LogP contribution is -2.30. The van der Waals surface area contributed by atoms with Gasteiger partial charge in [0.15, 0.2) is 6.10 Å². The standard InChI is InChI=1S/C20H22F3NO2/c1-12(2)17-9-8-13(3)10-18(17)26-14(4)19(25)24-16-7-5-6-15(11-16)20(21,22)23/h5-12,14H,1-4H3,(H,24,25)/t14-/m1/s1. The Morgan fingerprint density at radius 2 is 1.77 bits per heavy atom. The van der Waals surface area contributed by atoms with Gasteiger partial charge in [0.2, 0.25) is 0 Å². The average Bonchev–Trinajstić information content (AvgIpc) is 2.54. The molecule has 140 valence electrons. The highest BCUT2D eigenvalue weighted by atomic mass is 19.4. The summed E-state index contributed by atoms with van der Waals surface area (Å²) in [6.45, 7) is 7.52. The van der Waals surface area contributed by atoms with Crippen molar-refractivity contribution in [2.24, 2.45) is 0 Å². The second-order valence-corrected chi connectivity index (χ2v) is 6.52. The Morgan fingerprint density at radius 3 is 2.38 bits per heavy atom. The van der Waals surface area contributed by atoms with E-state index in [-0.39, 0.29) is 11.6 Å². The zero-order chi connectivity index (χ0) is 19.5. The van der Waals surface area contributed by atoms with Crippen molar-refractivity contribution in [1.82, 2.24) is 0 Å². The molecule has 0 saturated heterocycles. The number of hydrogen-bond donors (Lipinski definition) is 1. The first-order valence-corrected chi connectivity index (χ1v) is 8.33. The molecule has 0 aliphatic carbocycles. The van der Waals surface area contributed by atoms with Gasteiger partial charge in [-0.3, -0.25) is 4.79 Å². The van der Waals surface area contributed by atoms with Gasteiger partial charge >= 0.3 is 6.18 Å². The van der Waals surface area contributed by atoms with Crippen LogP contribution in [0.5, 0.6) is 5.75 Å². The molecule has 6 heteroatoms. The van der Waals surface area contributed by atoms with Crippen LogP contribution >= 0.6 is 0 Å². The number of benzene rings is 2. The van der Waals surface area contributed by atoms with E-state index in [1.165, 1.54) is 12.1 Å². The Balaban J connectivity index is 2.13. The van der Waals surface area contributed by atoms with Crippen LogP contribution in [-0.2, 0) is 11.0 Å². The summed E-state index contributed by atoms with van der Waals surface area (Å²) in [4.78, 5) is 12.3. The summed E-state index contributed by atoms with van der Waals surface area (Å²) < 4.78 is 44.1. The lowest BCUT2D eigenvalue weighted by atomic mass is 10.0. The van der Waals surface area contributed by atoms with E-state index in [0.717, 1.165) is 23.3 Å². The number of anilines is 1. The van der Waals surface area contributed by atoms with Gasteiger partial charge < -0.3 is 10.1 Å². The molecule has 3 nitrogen and oxygen atoms in total. The lowest BCUT2D eigenvalue weighted by molar-refractivity contribution is -0.137. The first-order valence-electron chi connectivity index (χ1n) is 8.33. The number of aryl methyl sites for hydroxylation is 1. The molecule has 0 fully saturated rings. The van der Waals surface area contributed by atoms with Crippen molar-refractivity contribution >= 4 is 11.6 Å².